The molecular weight excluding hydrogens is 176 g/mol. The molecule has 1 heterocycles. The van der Waals surface area contributed by atoms with Crippen LogP contribution in [0.25, 0.3) is 0 Å². The predicted molar refractivity (Wildman–Crippen MR) is 55.1 cm³/mol. The molecule has 0 aromatic carbocycles. The lowest BCUT2D eigenvalue weighted by Crippen LogP contribution is -2.07. The Morgan fingerprint density at radius 3 is 2.93 bits per heavy atom. The monoisotopic (exact) mass is 192 g/mol. The van der Waals surface area contributed by atoms with Crippen molar-refractivity contribution in [1.82, 2.24) is 9.97 Å². The first-order valence-corrected chi connectivity index (χ1v) is 5.38. The molecule has 1 aromatic heterocycles. The fraction of sp³-hybridized carbons (Fsp3) is 0.636. The highest BCUT2D eigenvalue weighted by molar-refractivity contribution is 4.98. The summed E-state index contributed by atoms with van der Waals surface area (Å²) in [5.74, 6) is 0.871. The quantitative estimate of drug-likeness (QED) is 0.795. The van der Waals surface area contributed by atoms with E-state index < -0.39 is 0 Å². The maximum Gasteiger partial charge on any atom is 0.250 e. The highest BCUT2D eigenvalue weighted by atomic mass is 16.1. The Bertz CT molecular complexity index is 339. The lowest BCUT2D eigenvalue weighted by molar-refractivity contribution is 0.500. The van der Waals surface area contributed by atoms with Gasteiger partial charge in [0.2, 0.25) is 0 Å². The summed E-state index contributed by atoms with van der Waals surface area (Å²) in [6.07, 6.45) is 9.13. The second kappa shape index (κ2) is 4.40. The second-order valence-electron chi connectivity index (χ2n) is 4.09. The molecule has 1 saturated carbocycles. The van der Waals surface area contributed by atoms with Crippen molar-refractivity contribution in [2.45, 2.75) is 38.5 Å². The largest absolute Gasteiger partial charge is 0.313 e. The predicted octanol–water partition coefficient (Wildman–Crippen LogP) is 1.89. The van der Waals surface area contributed by atoms with Gasteiger partial charge in [-0.05, 0) is 18.8 Å². The number of aromatic amines is 1. The number of H-pyrrole nitrogens is 1. The van der Waals surface area contributed by atoms with E-state index >= 15 is 0 Å². The molecule has 1 fully saturated rings. The molecule has 1 aliphatic carbocycles. The van der Waals surface area contributed by atoms with Crippen molar-refractivity contribution >= 4 is 0 Å². The molecule has 0 atom stereocenters. The Balaban J connectivity index is 1.88. The van der Waals surface area contributed by atoms with Crippen molar-refractivity contribution in [3.8, 4) is 0 Å². The van der Waals surface area contributed by atoms with Crippen LogP contribution in [-0.4, -0.2) is 9.97 Å². The molecule has 0 radical (unpaired) electrons. The van der Waals surface area contributed by atoms with Gasteiger partial charge in [0.15, 0.2) is 0 Å². The number of hydrogen-bond acceptors (Lipinski definition) is 2. The number of nitrogens with one attached hydrogen (secondary N) is 1. The third kappa shape index (κ3) is 2.44. The van der Waals surface area contributed by atoms with E-state index in [0.717, 1.165) is 18.0 Å². The van der Waals surface area contributed by atoms with Crippen molar-refractivity contribution in [3.63, 3.8) is 0 Å². The first-order chi connectivity index (χ1) is 6.84. The fourth-order valence-electron chi connectivity index (χ4n) is 2.20. The molecular formula is C11H16N2O. The summed E-state index contributed by atoms with van der Waals surface area (Å²) in [7, 11) is 0. The molecule has 1 aliphatic rings. The van der Waals surface area contributed by atoms with Crippen LogP contribution in [0.15, 0.2) is 17.2 Å². The Morgan fingerprint density at radius 1 is 1.43 bits per heavy atom. The van der Waals surface area contributed by atoms with Crippen LogP contribution in [0.2, 0.25) is 0 Å². The number of rotatable bonds is 3. The lowest BCUT2D eigenvalue weighted by Gasteiger charge is -2.06. The molecule has 76 valence electrons. The number of aryl methyl sites for hydroxylation is 1. The smallest absolute Gasteiger partial charge is 0.250 e. The number of aromatic nitrogens is 2. The van der Waals surface area contributed by atoms with E-state index in [1.54, 1.807) is 6.07 Å². The molecule has 2 rings (SSSR count). The Labute approximate surface area is 83.6 Å². The zero-order valence-electron chi connectivity index (χ0n) is 8.33. The summed E-state index contributed by atoms with van der Waals surface area (Å²) in [5, 5.41) is 0. The second-order valence-corrected chi connectivity index (χ2v) is 4.09. The summed E-state index contributed by atoms with van der Waals surface area (Å²) in [5.41, 5.74) is 0.891. The van der Waals surface area contributed by atoms with Crippen LogP contribution < -0.4 is 5.56 Å². The van der Waals surface area contributed by atoms with Gasteiger partial charge in [-0.2, -0.15) is 0 Å². The van der Waals surface area contributed by atoms with Crippen LogP contribution >= 0.6 is 0 Å². The molecule has 14 heavy (non-hydrogen) atoms. The number of nitrogens with zero attached hydrogens (tertiary/aromatic N) is 1. The van der Waals surface area contributed by atoms with E-state index in [0.29, 0.717) is 0 Å². The van der Waals surface area contributed by atoms with Gasteiger partial charge in [-0.15, -0.1) is 0 Å². The van der Waals surface area contributed by atoms with Gasteiger partial charge >= 0.3 is 0 Å². The summed E-state index contributed by atoms with van der Waals surface area (Å²) < 4.78 is 0. The number of hydrogen-bond donors (Lipinski definition) is 1. The van der Waals surface area contributed by atoms with Gasteiger partial charge in [-0.1, -0.05) is 25.7 Å². The van der Waals surface area contributed by atoms with Gasteiger partial charge in [-0.3, -0.25) is 4.79 Å². The van der Waals surface area contributed by atoms with Crippen LogP contribution in [0.5, 0.6) is 0 Å². The molecule has 3 nitrogen and oxygen atoms in total. The van der Waals surface area contributed by atoms with Crippen LogP contribution in [0.1, 0.15) is 37.8 Å². The molecule has 1 N–H and O–H groups in total. The van der Waals surface area contributed by atoms with Crippen molar-refractivity contribution < 1.29 is 0 Å². The average molecular weight is 192 g/mol. The molecule has 0 amide bonds. The van der Waals surface area contributed by atoms with Crippen LogP contribution in [0.3, 0.4) is 0 Å². The van der Waals surface area contributed by atoms with E-state index in [2.05, 4.69) is 9.97 Å². The molecule has 0 saturated heterocycles. The van der Waals surface area contributed by atoms with Gasteiger partial charge in [0.1, 0.15) is 0 Å². The molecule has 0 bridgehead atoms. The van der Waals surface area contributed by atoms with Gasteiger partial charge in [0.05, 0.1) is 6.33 Å². The third-order valence-corrected chi connectivity index (χ3v) is 3.02. The summed E-state index contributed by atoms with van der Waals surface area (Å²) in [4.78, 5) is 17.7. The summed E-state index contributed by atoms with van der Waals surface area (Å²) >= 11 is 0. The summed E-state index contributed by atoms with van der Waals surface area (Å²) in [6, 6.07) is 1.61. The zero-order valence-corrected chi connectivity index (χ0v) is 8.33. The normalized spacial score (nSPS) is 17.4. The average Bonchev–Trinajstić information content (AvgIpc) is 2.67. The van der Waals surface area contributed by atoms with Gasteiger partial charge in [0.25, 0.3) is 5.56 Å². The lowest BCUT2D eigenvalue weighted by atomic mass is 10.0. The SMILES string of the molecule is O=c1cc(CCC2CCCC2)nc[nH]1. The summed E-state index contributed by atoms with van der Waals surface area (Å²) in [6.45, 7) is 0. The van der Waals surface area contributed by atoms with Crippen LogP contribution in [0, 0.1) is 5.92 Å². The van der Waals surface area contributed by atoms with Crippen molar-refractivity contribution in [2.75, 3.05) is 0 Å². The molecule has 0 aliphatic heterocycles. The highest BCUT2D eigenvalue weighted by Gasteiger charge is 2.14. The van der Waals surface area contributed by atoms with Crippen LogP contribution in [-0.2, 0) is 6.42 Å². The maximum absolute atomic E-state index is 11.0. The van der Waals surface area contributed by atoms with E-state index in [9.17, 15) is 4.79 Å². The van der Waals surface area contributed by atoms with Crippen molar-refractivity contribution in [2.24, 2.45) is 5.92 Å². The molecule has 1 aromatic rings. The first kappa shape index (κ1) is 9.44. The minimum absolute atomic E-state index is 0.0404. The molecule has 0 spiro atoms. The minimum atomic E-state index is -0.0404. The first-order valence-electron chi connectivity index (χ1n) is 5.38. The van der Waals surface area contributed by atoms with E-state index in [1.807, 2.05) is 0 Å². The third-order valence-electron chi connectivity index (χ3n) is 3.02. The van der Waals surface area contributed by atoms with Crippen LogP contribution in [0.4, 0.5) is 0 Å². The van der Waals surface area contributed by atoms with E-state index in [1.165, 1.54) is 38.4 Å². The van der Waals surface area contributed by atoms with Crippen molar-refractivity contribution in [3.05, 3.63) is 28.4 Å². The topological polar surface area (TPSA) is 45.8 Å². The highest BCUT2D eigenvalue weighted by Crippen LogP contribution is 2.28. The molecule has 0 unspecified atom stereocenters. The standard InChI is InChI=1S/C11H16N2O/c14-11-7-10(12-8-13-11)6-5-9-3-1-2-4-9/h7-9H,1-6H2,(H,12,13,14). The maximum atomic E-state index is 11.0. The van der Waals surface area contributed by atoms with E-state index in [4.69, 9.17) is 0 Å². The Hall–Kier alpha value is -1.12. The fourth-order valence-corrected chi connectivity index (χ4v) is 2.20. The van der Waals surface area contributed by atoms with Gasteiger partial charge < -0.3 is 4.98 Å². The van der Waals surface area contributed by atoms with Gasteiger partial charge in [-0.25, -0.2) is 4.98 Å². The molecule has 3 heteroatoms. The minimum Gasteiger partial charge on any atom is -0.313 e. The Morgan fingerprint density at radius 2 is 2.21 bits per heavy atom. The van der Waals surface area contributed by atoms with E-state index in [-0.39, 0.29) is 5.56 Å². The van der Waals surface area contributed by atoms with Crippen molar-refractivity contribution in [1.29, 1.82) is 0 Å². The zero-order chi connectivity index (χ0) is 9.80. The van der Waals surface area contributed by atoms with Gasteiger partial charge in [0, 0.05) is 11.8 Å². The Kier molecular flexibility index (Phi) is 2.96.